The number of hydrogen-bond donors (Lipinski definition) is 1. The molecule has 1 aliphatic rings. The Labute approximate surface area is 158 Å². The summed E-state index contributed by atoms with van der Waals surface area (Å²) in [6.45, 7) is 8.55. The van der Waals surface area contributed by atoms with Gasteiger partial charge in [0.05, 0.1) is 5.56 Å². The van der Waals surface area contributed by atoms with Crippen molar-refractivity contribution in [3.05, 3.63) is 29.3 Å². The minimum absolute atomic E-state index is 0.129. The Morgan fingerprint density at radius 1 is 1.26 bits per heavy atom. The second-order valence-electron chi connectivity index (χ2n) is 6.61. The summed E-state index contributed by atoms with van der Waals surface area (Å²) in [5, 5.41) is 3.24. The molecule has 1 aliphatic heterocycles. The summed E-state index contributed by atoms with van der Waals surface area (Å²) in [5.41, 5.74) is -0.105. The fourth-order valence-corrected chi connectivity index (χ4v) is 3.07. The van der Waals surface area contributed by atoms with Gasteiger partial charge in [-0.15, -0.1) is 0 Å². The van der Waals surface area contributed by atoms with Crippen LogP contribution in [0, 0.1) is 0 Å². The monoisotopic (exact) mass is 387 g/mol. The number of nitrogens with one attached hydrogen (secondary N) is 1. The van der Waals surface area contributed by atoms with Crippen LogP contribution >= 0.6 is 0 Å². The van der Waals surface area contributed by atoms with Crippen molar-refractivity contribution in [1.29, 1.82) is 0 Å². The zero-order valence-electron chi connectivity index (χ0n) is 15.9. The molecule has 0 radical (unpaired) electrons. The van der Waals surface area contributed by atoms with Gasteiger partial charge >= 0.3 is 6.18 Å². The lowest BCUT2D eigenvalue weighted by Gasteiger charge is -2.28. The van der Waals surface area contributed by atoms with Crippen molar-refractivity contribution in [2.45, 2.75) is 33.0 Å². The van der Waals surface area contributed by atoms with Crippen LogP contribution in [-0.4, -0.2) is 61.6 Å². The number of alkyl halides is 3. The number of nitrogens with zero attached hydrogens (tertiary/aromatic N) is 2. The van der Waals surface area contributed by atoms with E-state index >= 15 is 0 Å². The predicted octanol–water partition coefficient (Wildman–Crippen LogP) is 2.75. The van der Waals surface area contributed by atoms with Crippen LogP contribution in [-0.2, 0) is 17.5 Å². The Morgan fingerprint density at radius 3 is 2.56 bits per heavy atom. The first-order valence-electron chi connectivity index (χ1n) is 9.39. The Bertz CT molecular complexity index is 617. The zero-order valence-corrected chi connectivity index (χ0v) is 15.9. The van der Waals surface area contributed by atoms with E-state index in [4.69, 9.17) is 4.74 Å². The maximum absolute atomic E-state index is 13.1. The molecule has 0 bridgehead atoms. The number of carbonyl (C=O) groups excluding carboxylic acids is 1. The number of carbonyl (C=O) groups is 1. The number of hydrogen-bond acceptors (Lipinski definition) is 4. The quantitative estimate of drug-likeness (QED) is 0.745. The highest BCUT2D eigenvalue weighted by atomic mass is 19.4. The Hall–Kier alpha value is -1.80. The third-order valence-corrected chi connectivity index (χ3v) is 4.58. The minimum Gasteiger partial charge on any atom is -0.483 e. The number of benzene rings is 1. The van der Waals surface area contributed by atoms with Crippen LogP contribution in [0.15, 0.2) is 18.2 Å². The second-order valence-corrected chi connectivity index (χ2v) is 6.61. The molecule has 1 heterocycles. The average molecular weight is 387 g/mol. The van der Waals surface area contributed by atoms with Crippen molar-refractivity contribution in [2.75, 3.05) is 45.9 Å². The zero-order chi connectivity index (χ0) is 19.9. The molecule has 0 unspecified atom stereocenters. The molecule has 0 spiro atoms. The third kappa shape index (κ3) is 6.39. The predicted molar refractivity (Wildman–Crippen MR) is 97.6 cm³/mol. The van der Waals surface area contributed by atoms with Crippen LogP contribution in [0.5, 0.6) is 5.75 Å². The molecule has 8 heteroatoms. The second kappa shape index (κ2) is 9.94. The molecule has 2 rings (SSSR count). The molecule has 1 N–H and O–H groups in total. The first kappa shape index (κ1) is 21.5. The van der Waals surface area contributed by atoms with Gasteiger partial charge in [-0.1, -0.05) is 13.0 Å². The average Bonchev–Trinajstić information content (AvgIpc) is 2.65. The minimum atomic E-state index is -4.45. The molecular weight excluding hydrogens is 359 g/mol. The Kier molecular flexibility index (Phi) is 7.91. The molecule has 1 fully saturated rings. The van der Waals surface area contributed by atoms with E-state index in [9.17, 15) is 18.0 Å². The molecule has 1 saturated heterocycles. The topological polar surface area (TPSA) is 44.8 Å². The van der Waals surface area contributed by atoms with Gasteiger partial charge in [-0.25, -0.2) is 0 Å². The van der Waals surface area contributed by atoms with Crippen LogP contribution in [0.25, 0.3) is 0 Å². The van der Waals surface area contributed by atoms with E-state index in [2.05, 4.69) is 10.2 Å². The van der Waals surface area contributed by atoms with E-state index in [1.165, 1.54) is 6.07 Å². The summed E-state index contributed by atoms with van der Waals surface area (Å²) in [6.07, 6.45) is -3.63. The van der Waals surface area contributed by atoms with E-state index < -0.39 is 11.7 Å². The van der Waals surface area contributed by atoms with Gasteiger partial charge in [0.15, 0.2) is 6.61 Å². The molecule has 1 aromatic carbocycles. The van der Waals surface area contributed by atoms with Crippen molar-refractivity contribution in [1.82, 2.24) is 15.1 Å². The van der Waals surface area contributed by atoms with Gasteiger partial charge in [0, 0.05) is 51.4 Å². The number of amides is 1. The molecule has 5 nitrogen and oxygen atoms in total. The van der Waals surface area contributed by atoms with Crippen LogP contribution in [0.4, 0.5) is 13.2 Å². The largest absolute Gasteiger partial charge is 0.483 e. The summed E-state index contributed by atoms with van der Waals surface area (Å²) >= 11 is 0. The van der Waals surface area contributed by atoms with Gasteiger partial charge in [-0.05, 0) is 25.5 Å². The van der Waals surface area contributed by atoms with Crippen molar-refractivity contribution in [3.63, 3.8) is 0 Å². The normalized spacial score (nSPS) is 15.6. The lowest BCUT2D eigenvalue weighted by Crippen LogP contribution is -2.43. The van der Waals surface area contributed by atoms with Crippen LogP contribution < -0.4 is 10.1 Å². The molecule has 0 aliphatic carbocycles. The number of likely N-dealkylation sites (N-methyl/N-ethyl adjacent to an activating group) is 1. The van der Waals surface area contributed by atoms with Crippen molar-refractivity contribution in [3.8, 4) is 5.75 Å². The highest BCUT2D eigenvalue weighted by Crippen LogP contribution is 2.33. The lowest BCUT2D eigenvalue weighted by atomic mass is 10.1. The van der Waals surface area contributed by atoms with E-state index in [1.54, 1.807) is 4.90 Å². The van der Waals surface area contributed by atoms with E-state index in [0.29, 0.717) is 25.2 Å². The maximum Gasteiger partial charge on any atom is 0.416 e. The first-order chi connectivity index (χ1) is 12.8. The fraction of sp³-hybridized carbons (Fsp3) is 0.632. The number of rotatable bonds is 8. The molecule has 0 atom stereocenters. The Morgan fingerprint density at radius 2 is 1.96 bits per heavy atom. The van der Waals surface area contributed by atoms with Crippen molar-refractivity contribution < 1.29 is 22.7 Å². The van der Waals surface area contributed by atoms with Gasteiger partial charge < -0.3 is 15.0 Å². The number of halogens is 3. The van der Waals surface area contributed by atoms with Gasteiger partial charge in [0.2, 0.25) is 0 Å². The SMILES string of the molecule is CCCN(CC)C(=O)COc1cc(C(F)(F)F)ccc1CN1CCNCC1. The number of ether oxygens (including phenoxy) is 1. The van der Waals surface area contributed by atoms with Crippen molar-refractivity contribution in [2.24, 2.45) is 0 Å². The van der Waals surface area contributed by atoms with Crippen LogP contribution in [0.2, 0.25) is 0 Å². The maximum atomic E-state index is 13.1. The summed E-state index contributed by atoms with van der Waals surface area (Å²) in [6, 6.07) is 3.52. The molecular formula is C19H28F3N3O2. The van der Waals surface area contributed by atoms with Gasteiger partial charge in [0.1, 0.15) is 5.75 Å². The first-order valence-corrected chi connectivity index (χ1v) is 9.39. The van der Waals surface area contributed by atoms with Gasteiger partial charge in [0.25, 0.3) is 5.91 Å². The van der Waals surface area contributed by atoms with E-state index in [1.807, 2.05) is 13.8 Å². The molecule has 1 amide bonds. The Balaban J connectivity index is 2.15. The molecule has 152 valence electrons. The molecule has 27 heavy (non-hydrogen) atoms. The summed E-state index contributed by atoms with van der Waals surface area (Å²) in [7, 11) is 0. The fourth-order valence-electron chi connectivity index (χ4n) is 3.07. The van der Waals surface area contributed by atoms with Crippen LogP contribution in [0.3, 0.4) is 0 Å². The molecule has 0 aromatic heterocycles. The summed E-state index contributed by atoms with van der Waals surface area (Å²) in [4.78, 5) is 16.1. The summed E-state index contributed by atoms with van der Waals surface area (Å²) < 4.78 is 44.8. The number of piperazine rings is 1. The molecule has 0 saturated carbocycles. The smallest absolute Gasteiger partial charge is 0.416 e. The lowest BCUT2D eigenvalue weighted by molar-refractivity contribution is -0.137. The van der Waals surface area contributed by atoms with E-state index in [0.717, 1.165) is 44.7 Å². The third-order valence-electron chi connectivity index (χ3n) is 4.58. The standard InChI is InChI=1S/C19H28F3N3O2/c1-3-9-25(4-2)18(26)14-27-17-12-16(19(20,21)22)6-5-15(17)13-24-10-7-23-8-11-24/h5-6,12,23H,3-4,7-11,13-14H2,1-2H3. The highest BCUT2D eigenvalue weighted by molar-refractivity contribution is 5.77. The molecule has 1 aromatic rings. The van der Waals surface area contributed by atoms with E-state index in [-0.39, 0.29) is 18.3 Å². The highest BCUT2D eigenvalue weighted by Gasteiger charge is 2.31. The van der Waals surface area contributed by atoms with Gasteiger partial charge in [-0.2, -0.15) is 13.2 Å². The van der Waals surface area contributed by atoms with Crippen LogP contribution in [0.1, 0.15) is 31.4 Å². The van der Waals surface area contributed by atoms with Crippen molar-refractivity contribution >= 4 is 5.91 Å². The van der Waals surface area contributed by atoms with Gasteiger partial charge in [-0.3, -0.25) is 9.69 Å². The summed E-state index contributed by atoms with van der Waals surface area (Å²) in [5.74, 6) is -0.0888.